The molecule has 172 valence electrons. The third-order valence-electron chi connectivity index (χ3n) is 7.47. The number of aryl methyl sites for hydroxylation is 1. The lowest BCUT2D eigenvalue weighted by molar-refractivity contribution is 0.206. The maximum absolute atomic E-state index is 12.3. The number of ether oxygens (including phenoxy) is 1. The monoisotopic (exact) mass is 438 g/mol. The Balaban J connectivity index is 1.33. The van der Waals surface area contributed by atoms with E-state index < -0.39 is 0 Å². The van der Waals surface area contributed by atoms with E-state index in [4.69, 9.17) is 15.6 Å². The standard InChI is InChI=1S/C24H34N6O2/c1-2-26-23(31)29-10-8-24(16-29)9-11-30-21(24)13-19(28-30)18-12-20(22(25)27-14-18)32-15-17-6-4-3-5-7-17/h12-14,17H,2-11,15-16H2,1H3,(H2,25,27)(H,26,31)/t24-/m1/s1. The molecule has 0 bridgehead atoms. The first-order valence-electron chi connectivity index (χ1n) is 12.1. The number of rotatable bonds is 5. The van der Waals surface area contributed by atoms with Crippen molar-refractivity contribution in [3.8, 4) is 17.0 Å². The highest BCUT2D eigenvalue weighted by Crippen LogP contribution is 2.44. The average molecular weight is 439 g/mol. The van der Waals surface area contributed by atoms with Crippen LogP contribution in [0.15, 0.2) is 18.3 Å². The second kappa shape index (κ2) is 8.64. The minimum Gasteiger partial charge on any atom is -0.489 e. The fourth-order valence-corrected chi connectivity index (χ4v) is 5.60. The van der Waals surface area contributed by atoms with Crippen LogP contribution in [0, 0.1) is 5.92 Å². The van der Waals surface area contributed by atoms with Gasteiger partial charge < -0.3 is 20.7 Å². The molecule has 8 nitrogen and oxygen atoms in total. The number of pyridine rings is 1. The molecule has 1 spiro atoms. The molecule has 2 aliphatic heterocycles. The highest BCUT2D eigenvalue weighted by molar-refractivity contribution is 5.75. The number of nitrogens with two attached hydrogens (primary N) is 1. The summed E-state index contributed by atoms with van der Waals surface area (Å²) in [5.41, 5.74) is 9.15. The number of nitrogens with one attached hydrogen (secondary N) is 1. The lowest BCUT2D eigenvalue weighted by Gasteiger charge is -2.23. The van der Waals surface area contributed by atoms with E-state index in [1.165, 1.54) is 37.8 Å². The molecule has 0 aromatic carbocycles. The largest absolute Gasteiger partial charge is 0.489 e. The number of nitrogen functional groups attached to an aromatic ring is 1. The molecule has 3 aliphatic rings. The summed E-state index contributed by atoms with van der Waals surface area (Å²) in [7, 11) is 0. The van der Waals surface area contributed by atoms with E-state index in [1.807, 2.05) is 17.9 Å². The molecule has 3 N–H and O–H groups in total. The maximum Gasteiger partial charge on any atom is 0.317 e. The number of anilines is 1. The van der Waals surface area contributed by atoms with Crippen molar-refractivity contribution in [2.24, 2.45) is 5.92 Å². The summed E-state index contributed by atoms with van der Waals surface area (Å²) in [6, 6.07) is 4.18. The Labute approximate surface area is 189 Å². The van der Waals surface area contributed by atoms with E-state index in [0.29, 0.717) is 30.6 Å². The van der Waals surface area contributed by atoms with Gasteiger partial charge in [0.2, 0.25) is 0 Å². The molecule has 1 atom stereocenters. The fourth-order valence-electron chi connectivity index (χ4n) is 5.60. The first-order chi connectivity index (χ1) is 15.6. The predicted octanol–water partition coefficient (Wildman–Crippen LogP) is 3.56. The van der Waals surface area contributed by atoms with Crippen molar-refractivity contribution < 1.29 is 9.53 Å². The summed E-state index contributed by atoms with van der Waals surface area (Å²) >= 11 is 0. The smallest absolute Gasteiger partial charge is 0.317 e. The molecule has 2 aromatic rings. The van der Waals surface area contributed by atoms with E-state index in [9.17, 15) is 4.79 Å². The van der Waals surface area contributed by atoms with Crippen molar-refractivity contribution in [1.82, 2.24) is 25.0 Å². The van der Waals surface area contributed by atoms with Crippen LogP contribution in [0.25, 0.3) is 11.3 Å². The Morgan fingerprint density at radius 1 is 1.25 bits per heavy atom. The van der Waals surface area contributed by atoms with Crippen molar-refractivity contribution in [3.05, 3.63) is 24.0 Å². The fraction of sp³-hybridized carbons (Fsp3) is 0.625. The SMILES string of the molecule is CCNC(=O)N1CC[C@@]2(CCn3nc(-c4cnc(N)c(OCC5CCCCC5)c4)cc32)C1. The van der Waals surface area contributed by atoms with E-state index in [2.05, 4.69) is 21.0 Å². The molecule has 32 heavy (non-hydrogen) atoms. The predicted molar refractivity (Wildman–Crippen MR) is 123 cm³/mol. The topological polar surface area (TPSA) is 98.3 Å². The highest BCUT2D eigenvalue weighted by Gasteiger charge is 2.46. The first-order valence-corrected chi connectivity index (χ1v) is 12.1. The third kappa shape index (κ3) is 3.91. The van der Waals surface area contributed by atoms with Gasteiger partial charge in [0.25, 0.3) is 0 Å². The van der Waals surface area contributed by atoms with E-state index >= 15 is 0 Å². The number of carbonyl (C=O) groups is 1. The van der Waals surface area contributed by atoms with Crippen molar-refractivity contribution in [3.63, 3.8) is 0 Å². The summed E-state index contributed by atoms with van der Waals surface area (Å²) in [5, 5.41) is 7.79. The molecule has 8 heteroatoms. The van der Waals surface area contributed by atoms with Gasteiger partial charge in [-0.3, -0.25) is 4.68 Å². The van der Waals surface area contributed by atoms with E-state index in [1.54, 1.807) is 6.20 Å². The average Bonchev–Trinajstić information content (AvgIpc) is 3.51. The number of likely N-dealkylation sites (tertiary alicyclic amines) is 1. The Bertz CT molecular complexity index is 983. The minimum atomic E-state index is -0.00210. The van der Waals surface area contributed by atoms with Crippen molar-refractivity contribution in [2.75, 3.05) is 32.0 Å². The van der Waals surface area contributed by atoms with Crippen LogP contribution in [0.3, 0.4) is 0 Å². The number of amides is 2. The van der Waals surface area contributed by atoms with Gasteiger partial charge in [0, 0.05) is 49.0 Å². The molecule has 1 saturated heterocycles. The van der Waals surface area contributed by atoms with Crippen LogP contribution in [0.1, 0.15) is 57.6 Å². The number of fused-ring (bicyclic) bond motifs is 2. The van der Waals surface area contributed by atoms with Crippen LogP contribution in [0.2, 0.25) is 0 Å². The zero-order valence-electron chi connectivity index (χ0n) is 19.0. The van der Waals surface area contributed by atoms with Gasteiger partial charge in [-0.25, -0.2) is 9.78 Å². The number of nitrogens with zero attached hydrogens (tertiary/aromatic N) is 4. The summed E-state index contributed by atoms with van der Waals surface area (Å²) in [5.74, 6) is 1.69. The summed E-state index contributed by atoms with van der Waals surface area (Å²) in [6.07, 6.45) is 10.2. The van der Waals surface area contributed by atoms with Gasteiger partial charge >= 0.3 is 6.03 Å². The zero-order valence-corrected chi connectivity index (χ0v) is 19.0. The second-order valence-corrected chi connectivity index (χ2v) is 9.60. The molecule has 1 aliphatic carbocycles. The van der Waals surface area contributed by atoms with Gasteiger partial charge in [0.05, 0.1) is 12.3 Å². The van der Waals surface area contributed by atoms with Crippen LogP contribution in [0.5, 0.6) is 5.75 Å². The lowest BCUT2D eigenvalue weighted by atomic mass is 9.82. The van der Waals surface area contributed by atoms with Crippen LogP contribution in [0.4, 0.5) is 10.6 Å². The molecule has 2 fully saturated rings. The Morgan fingerprint density at radius 3 is 2.88 bits per heavy atom. The van der Waals surface area contributed by atoms with Crippen molar-refractivity contribution >= 4 is 11.8 Å². The van der Waals surface area contributed by atoms with Gasteiger partial charge in [-0.1, -0.05) is 19.3 Å². The van der Waals surface area contributed by atoms with Crippen LogP contribution in [-0.4, -0.2) is 51.9 Å². The molecule has 5 rings (SSSR count). The molecule has 4 heterocycles. The maximum atomic E-state index is 12.3. The normalized spacial score (nSPS) is 23.0. The van der Waals surface area contributed by atoms with Gasteiger partial charge in [-0.05, 0) is 50.7 Å². The number of hydrogen-bond acceptors (Lipinski definition) is 5. The van der Waals surface area contributed by atoms with Crippen LogP contribution in [-0.2, 0) is 12.0 Å². The molecule has 0 radical (unpaired) electrons. The molecular weight excluding hydrogens is 404 g/mol. The summed E-state index contributed by atoms with van der Waals surface area (Å²) in [6.45, 7) is 5.72. The van der Waals surface area contributed by atoms with Gasteiger partial charge in [0.15, 0.2) is 11.6 Å². The van der Waals surface area contributed by atoms with Gasteiger partial charge in [0.1, 0.15) is 0 Å². The molecule has 1 saturated carbocycles. The molecule has 2 amide bonds. The van der Waals surface area contributed by atoms with Gasteiger partial charge in [-0.15, -0.1) is 0 Å². The van der Waals surface area contributed by atoms with E-state index in [0.717, 1.165) is 43.7 Å². The minimum absolute atomic E-state index is 0.00210. The number of carbonyl (C=O) groups excluding carboxylic acids is 1. The van der Waals surface area contributed by atoms with Gasteiger partial charge in [-0.2, -0.15) is 5.10 Å². The van der Waals surface area contributed by atoms with Crippen molar-refractivity contribution in [2.45, 2.75) is 63.8 Å². The lowest BCUT2D eigenvalue weighted by Crippen LogP contribution is -2.40. The molecule has 2 aromatic heterocycles. The summed E-state index contributed by atoms with van der Waals surface area (Å²) in [4.78, 5) is 18.7. The Kier molecular flexibility index (Phi) is 5.69. The first kappa shape index (κ1) is 21.1. The van der Waals surface area contributed by atoms with Crippen molar-refractivity contribution in [1.29, 1.82) is 0 Å². The number of hydrogen-bond donors (Lipinski definition) is 2. The zero-order chi connectivity index (χ0) is 22.1. The quantitative estimate of drug-likeness (QED) is 0.744. The number of aromatic nitrogens is 3. The third-order valence-corrected chi connectivity index (χ3v) is 7.47. The highest BCUT2D eigenvalue weighted by atomic mass is 16.5. The molecule has 0 unspecified atom stereocenters. The number of urea groups is 1. The Morgan fingerprint density at radius 2 is 2.06 bits per heavy atom. The molecular formula is C24H34N6O2. The second-order valence-electron chi connectivity index (χ2n) is 9.60. The van der Waals surface area contributed by atoms with Crippen LogP contribution < -0.4 is 15.8 Å². The Hall–Kier alpha value is -2.77. The van der Waals surface area contributed by atoms with Crippen LogP contribution >= 0.6 is 0 Å². The van der Waals surface area contributed by atoms with E-state index in [-0.39, 0.29) is 11.4 Å². The summed E-state index contributed by atoms with van der Waals surface area (Å²) < 4.78 is 8.21.